The second-order valence-corrected chi connectivity index (χ2v) is 11.3. The summed E-state index contributed by atoms with van der Waals surface area (Å²) in [5.41, 5.74) is 1.86. The van der Waals surface area contributed by atoms with Gasteiger partial charge in [-0.05, 0) is 41.3 Å². The lowest BCUT2D eigenvalue weighted by molar-refractivity contribution is -0.192. The number of amides is 1. The molecule has 0 aromatic heterocycles. The molecule has 1 fully saturated rings. The Labute approximate surface area is 225 Å². The number of halogens is 4. The van der Waals surface area contributed by atoms with Crippen LogP contribution >= 0.6 is 11.6 Å². The van der Waals surface area contributed by atoms with Crippen molar-refractivity contribution >= 4 is 33.5 Å². The smallest absolute Gasteiger partial charge is 0.475 e. The second kappa shape index (κ2) is 13.9. The number of carbonyl (C=O) groups is 2. The zero-order valence-corrected chi connectivity index (χ0v) is 22.6. The maximum Gasteiger partial charge on any atom is 0.490 e. The predicted molar refractivity (Wildman–Crippen MR) is 137 cm³/mol. The summed E-state index contributed by atoms with van der Waals surface area (Å²) >= 11 is 6.10. The highest BCUT2D eigenvalue weighted by Gasteiger charge is 2.38. The molecule has 38 heavy (non-hydrogen) atoms. The van der Waals surface area contributed by atoms with Crippen molar-refractivity contribution in [2.75, 3.05) is 32.7 Å². The standard InChI is InChI=1S/C23H30ClN3O3S.C2HF3O2/c1-18(2)20-6-8-22(9-7-20)31(29,30)27(17-19-4-3-5-21(24)16-19)13-10-23(28)26-14-11-25-12-15-26;3-2(4,5)1(6)7/h3-9,16,18,25H,10-15,17H2,1-2H3;(H,6,7). The van der Waals surface area contributed by atoms with Crippen LogP contribution in [0.25, 0.3) is 0 Å². The maximum absolute atomic E-state index is 13.4. The van der Waals surface area contributed by atoms with Crippen molar-refractivity contribution < 1.29 is 36.3 Å². The molecular weight excluding hydrogens is 547 g/mol. The van der Waals surface area contributed by atoms with Crippen LogP contribution in [0.15, 0.2) is 53.4 Å². The Morgan fingerprint density at radius 2 is 1.68 bits per heavy atom. The molecule has 1 aliphatic heterocycles. The third-order valence-corrected chi connectivity index (χ3v) is 7.81. The molecule has 0 spiro atoms. The molecule has 210 valence electrons. The Kier molecular flexibility index (Phi) is 11.6. The summed E-state index contributed by atoms with van der Waals surface area (Å²) in [5.74, 6) is -2.47. The molecular formula is C25H31ClF3N3O5S. The molecule has 2 N–H and O–H groups in total. The quantitative estimate of drug-likeness (QED) is 0.489. The second-order valence-electron chi connectivity index (χ2n) is 8.88. The number of benzene rings is 2. The molecule has 2 aromatic rings. The van der Waals surface area contributed by atoms with E-state index in [0.29, 0.717) is 24.0 Å². The van der Waals surface area contributed by atoms with E-state index in [-0.39, 0.29) is 30.3 Å². The van der Waals surface area contributed by atoms with Gasteiger partial charge in [-0.3, -0.25) is 4.79 Å². The first kappa shape index (κ1) is 31.5. The van der Waals surface area contributed by atoms with Gasteiger partial charge in [0.2, 0.25) is 15.9 Å². The highest BCUT2D eigenvalue weighted by Crippen LogP contribution is 2.23. The summed E-state index contributed by atoms with van der Waals surface area (Å²) in [4.78, 5) is 23.6. The minimum Gasteiger partial charge on any atom is -0.475 e. The van der Waals surface area contributed by atoms with Crippen molar-refractivity contribution in [1.29, 1.82) is 0 Å². The number of hydrogen-bond acceptors (Lipinski definition) is 5. The van der Waals surface area contributed by atoms with Crippen LogP contribution in [0, 0.1) is 0 Å². The largest absolute Gasteiger partial charge is 0.490 e. The molecule has 2 aromatic carbocycles. The Balaban J connectivity index is 0.000000638. The molecule has 1 aliphatic rings. The molecule has 0 bridgehead atoms. The lowest BCUT2D eigenvalue weighted by Crippen LogP contribution is -2.47. The van der Waals surface area contributed by atoms with Gasteiger partial charge in [-0.15, -0.1) is 0 Å². The summed E-state index contributed by atoms with van der Waals surface area (Å²) < 4.78 is 60.0. The fourth-order valence-corrected chi connectivity index (χ4v) is 5.23. The predicted octanol–water partition coefficient (Wildman–Crippen LogP) is 4.11. The Morgan fingerprint density at radius 3 is 2.18 bits per heavy atom. The molecule has 0 radical (unpaired) electrons. The van der Waals surface area contributed by atoms with Crippen molar-refractivity contribution in [1.82, 2.24) is 14.5 Å². The third-order valence-electron chi connectivity index (χ3n) is 5.72. The van der Waals surface area contributed by atoms with Gasteiger partial charge < -0.3 is 15.3 Å². The number of piperazine rings is 1. The van der Waals surface area contributed by atoms with Crippen molar-refractivity contribution in [3.63, 3.8) is 0 Å². The van der Waals surface area contributed by atoms with Gasteiger partial charge in [0, 0.05) is 50.7 Å². The van der Waals surface area contributed by atoms with Crippen LogP contribution in [-0.4, -0.2) is 73.5 Å². The number of sulfonamides is 1. The highest BCUT2D eigenvalue weighted by molar-refractivity contribution is 7.89. The molecule has 1 amide bonds. The van der Waals surface area contributed by atoms with Crippen LogP contribution < -0.4 is 5.32 Å². The normalized spacial score (nSPS) is 14.3. The number of carboxylic acids is 1. The van der Waals surface area contributed by atoms with Gasteiger partial charge in [0.1, 0.15) is 0 Å². The van der Waals surface area contributed by atoms with Crippen LogP contribution in [0.3, 0.4) is 0 Å². The number of hydrogen-bond donors (Lipinski definition) is 2. The molecule has 0 atom stereocenters. The molecule has 0 unspecified atom stereocenters. The van der Waals surface area contributed by atoms with E-state index in [1.165, 1.54) is 4.31 Å². The number of aliphatic carboxylic acids is 1. The molecule has 1 saturated heterocycles. The minimum absolute atomic E-state index is 0.0250. The van der Waals surface area contributed by atoms with Crippen molar-refractivity contribution in [3.8, 4) is 0 Å². The summed E-state index contributed by atoms with van der Waals surface area (Å²) in [7, 11) is -3.77. The average molecular weight is 578 g/mol. The van der Waals surface area contributed by atoms with Crippen molar-refractivity contribution in [3.05, 3.63) is 64.7 Å². The molecule has 8 nitrogen and oxygen atoms in total. The van der Waals surface area contributed by atoms with Crippen molar-refractivity contribution in [2.45, 2.75) is 43.8 Å². The van der Waals surface area contributed by atoms with Gasteiger partial charge >= 0.3 is 12.1 Å². The SMILES string of the molecule is CC(C)c1ccc(S(=O)(=O)N(CCC(=O)N2CCNCC2)Cc2cccc(Cl)c2)cc1.O=C(O)C(F)(F)F. The third kappa shape index (κ3) is 9.57. The van der Waals surface area contributed by atoms with E-state index < -0.39 is 22.2 Å². The van der Waals surface area contributed by atoms with Crippen LogP contribution in [0.4, 0.5) is 13.2 Å². The molecule has 0 saturated carbocycles. The monoisotopic (exact) mass is 577 g/mol. The van der Waals surface area contributed by atoms with Crippen molar-refractivity contribution in [2.24, 2.45) is 0 Å². The Morgan fingerprint density at radius 1 is 1.11 bits per heavy atom. The summed E-state index contributed by atoms with van der Waals surface area (Å²) in [6, 6.07) is 14.1. The Hall–Kier alpha value is -2.67. The van der Waals surface area contributed by atoms with Crippen LogP contribution in [-0.2, 0) is 26.2 Å². The maximum atomic E-state index is 13.4. The summed E-state index contributed by atoms with van der Waals surface area (Å²) in [6.07, 6.45) is -4.94. The van der Waals surface area contributed by atoms with Crippen LogP contribution in [0.2, 0.25) is 5.02 Å². The fraction of sp³-hybridized carbons (Fsp3) is 0.440. The number of alkyl halides is 3. The lowest BCUT2D eigenvalue weighted by atomic mass is 10.0. The summed E-state index contributed by atoms with van der Waals surface area (Å²) in [5, 5.41) is 10.9. The van der Waals surface area contributed by atoms with Gasteiger partial charge in [0.05, 0.1) is 4.90 Å². The summed E-state index contributed by atoms with van der Waals surface area (Å²) in [6.45, 7) is 7.23. The highest BCUT2D eigenvalue weighted by atomic mass is 35.5. The van der Waals surface area contributed by atoms with E-state index in [1.807, 2.05) is 18.2 Å². The minimum atomic E-state index is -5.08. The van der Waals surface area contributed by atoms with Crippen LogP contribution in [0.5, 0.6) is 0 Å². The molecule has 0 aliphatic carbocycles. The average Bonchev–Trinajstić information content (AvgIpc) is 2.86. The van der Waals surface area contributed by atoms with E-state index in [2.05, 4.69) is 19.2 Å². The fourth-order valence-electron chi connectivity index (χ4n) is 3.59. The van der Waals surface area contributed by atoms with Crippen LogP contribution in [0.1, 0.15) is 37.3 Å². The first-order valence-electron chi connectivity index (χ1n) is 11.8. The molecule has 3 rings (SSSR count). The first-order chi connectivity index (χ1) is 17.7. The van der Waals surface area contributed by atoms with E-state index in [1.54, 1.807) is 35.2 Å². The van der Waals surface area contributed by atoms with Gasteiger partial charge in [-0.1, -0.05) is 49.7 Å². The lowest BCUT2D eigenvalue weighted by Gasteiger charge is -2.29. The number of nitrogens with zero attached hydrogens (tertiary/aromatic N) is 2. The number of carbonyl (C=O) groups excluding carboxylic acids is 1. The Bertz CT molecular complexity index is 1190. The first-order valence-corrected chi connectivity index (χ1v) is 13.7. The van der Waals surface area contributed by atoms with E-state index in [9.17, 15) is 26.4 Å². The topological polar surface area (TPSA) is 107 Å². The van der Waals surface area contributed by atoms with Gasteiger partial charge in [0.15, 0.2) is 0 Å². The molecule has 13 heteroatoms. The zero-order chi connectivity index (χ0) is 28.5. The van der Waals surface area contributed by atoms with E-state index >= 15 is 0 Å². The van der Waals surface area contributed by atoms with E-state index in [4.69, 9.17) is 21.5 Å². The number of carboxylic acid groups (broad SMARTS) is 1. The number of rotatable bonds is 8. The van der Waals surface area contributed by atoms with E-state index in [0.717, 1.165) is 24.2 Å². The number of nitrogens with one attached hydrogen (secondary N) is 1. The van der Waals surface area contributed by atoms with Gasteiger partial charge in [-0.2, -0.15) is 17.5 Å². The zero-order valence-electron chi connectivity index (χ0n) is 21.0. The molecule has 1 heterocycles. The van der Waals surface area contributed by atoms with Gasteiger partial charge in [0.25, 0.3) is 0 Å². The van der Waals surface area contributed by atoms with Gasteiger partial charge in [-0.25, -0.2) is 13.2 Å².